The van der Waals surface area contributed by atoms with Gasteiger partial charge in [0.05, 0.1) is 10.5 Å². The van der Waals surface area contributed by atoms with Crippen molar-refractivity contribution in [1.82, 2.24) is 4.31 Å². The summed E-state index contributed by atoms with van der Waals surface area (Å²) in [6, 6.07) is 13.2. The van der Waals surface area contributed by atoms with Gasteiger partial charge in [0, 0.05) is 18.8 Å². The number of sulfonamides is 1. The molecule has 8 heteroatoms. The van der Waals surface area contributed by atoms with E-state index in [1.54, 1.807) is 30.3 Å². The highest BCUT2D eigenvalue weighted by molar-refractivity contribution is 7.89. The van der Waals surface area contributed by atoms with Gasteiger partial charge in [0.1, 0.15) is 0 Å². The first-order valence-corrected chi connectivity index (χ1v) is 10.9. The van der Waals surface area contributed by atoms with Gasteiger partial charge >= 0.3 is 5.97 Å². The number of anilines is 1. The molecule has 0 atom stereocenters. The van der Waals surface area contributed by atoms with E-state index in [0.29, 0.717) is 18.8 Å². The van der Waals surface area contributed by atoms with Gasteiger partial charge in [-0.25, -0.2) is 13.2 Å². The van der Waals surface area contributed by atoms with Gasteiger partial charge < -0.3 is 10.1 Å². The minimum Gasteiger partial charge on any atom is -0.452 e. The first kappa shape index (κ1) is 21.0. The van der Waals surface area contributed by atoms with E-state index in [-0.39, 0.29) is 10.5 Å². The van der Waals surface area contributed by atoms with Crippen molar-refractivity contribution in [2.75, 3.05) is 25.0 Å². The summed E-state index contributed by atoms with van der Waals surface area (Å²) < 4.78 is 32.4. The molecular formula is C21H24N2O5S. The molecule has 29 heavy (non-hydrogen) atoms. The number of nitrogens with one attached hydrogen (secondary N) is 1. The lowest BCUT2D eigenvalue weighted by Gasteiger charge is -2.26. The number of aryl methyl sites for hydroxylation is 1. The third kappa shape index (κ3) is 5.21. The van der Waals surface area contributed by atoms with Gasteiger partial charge in [-0.05, 0) is 49.6 Å². The summed E-state index contributed by atoms with van der Waals surface area (Å²) in [4.78, 5) is 24.5. The summed E-state index contributed by atoms with van der Waals surface area (Å²) in [6.45, 7) is 2.26. The van der Waals surface area contributed by atoms with E-state index in [1.165, 1.54) is 16.4 Å². The van der Waals surface area contributed by atoms with Gasteiger partial charge in [-0.3, -0.25) is 4.79 Å². The Kier molecular flexibility index (Phi) is 6.66. The standard InChI is InChI=1S/C21H24N2O5S/c1-16-8-7-9-17(14-16)22-20(24)15-28-21(25)18-10-3-4-11-19(18)29(26,27)23-12-5-2-6-13-23/h3-4,7-11,14H,2,5-6,12-13,15H2,1H3,(H,22,24). The number of benzene rings is 2. The number of carbonyl (C=O) groups excluding carboxylic acids is 2. The topological polar surface area (TPSA) is 92.8 Å². The first-order valence-electron chi connectivity index (χ1n) is 9.51. The van der Waals surface area contributed by atoms with E-state index < -0.39 is 28.5 Å². The Labute approximate surface area is 170 Å². The minimum atomic E-state index is -3.80. The predicted molar refractivity (Wildman–Crippen MR) is 109 cm³/mol. The molecule has 1 saturated heterocycles. The fourth-order valence-electron chi connectivity index (χ4n) is 3.23. The van der Waals surface area contributed by atoms with E-state index in [2.05, 4.69) is 5.32 Å². The third-order valence-corrected chi connectivity index (χ3v) is 6.63. The second-order valence-corrected chi connectivity index (χ2v) is 8.86. The number of esters is 1. The van der Waals surface area contributed by atoms with Crippen LogP contribution in [0.25, 0.3) is 0 Å². The summed E-state index contributed by atoms with van der Waals surface area (Å²) in [5.74, 6) is -1.35. The summed E-state index contributed by atoms with van der Waals surface area (Å²) in [5, 5.41) is 2.64. The molecule has 0 spiro atoms. The van der Waals surface area contributed by atoms with Crippen molar-refractivity contribution < 1.29 is 22.7 Å². The zero-order chi connectivity index (χ0) is 20.9. The maximum atomic E-state index is 13.0. The lowest BCUT2D eigenvalue weighted by atomic mass is 10.2. The lowest BCUT2D eigenvalue weighted by Crippen LogP contribution is -2.36. The van der Waals surface area contributed by atoms with Crippen LogP contribution < -0.4 is 5.32 Å². The van der Waals surface area contributed by atoms with Gasteiger partial charge in [0.15, 0.2) is 6.61 Å². The zero-order valence-electron chi connectivity index (χ0n) is 16.3. The maximum Gasteiger partial charge on any atom is 0.340 e. The molecule has 0 bridgehead atoms. The van der Waals surface area contributed by atoms with Crippen LogP contribution in [0.15, 0.2) is 53.4 Å². The van der Waals surface area contributed by atoms with Crippen LogP contribution in [0.1, 0.15) is 35.2 Å². The fraction of sp³-hybridized carbons (Fsp3) is 0.333. The number of carbonyl (C=O) groups is 2. The number of nitrogens with zero attached hydrogens (tertiary/aromatic N) is 1. The van der Waals surface area contributed by atoms with Gasteiger partial charge in [0.25, 0.3) is 5.91 Å². The van der Waals surface area contributed by atoms with Crippen LogP contribution in [0.4, 0.5) is 5.69 Å². The zero-order valence-corrected chi connectivity index (χ0v) is 17.1. The smallest absolute Gasteiger partial charge is 0.340 e. The third-order valence-electron chi connectivity index (χ3n) is 4.68. The Morgan fingerprint density at radius 2 is 1.76 bits per heavy atom. The van der Waals surface area contributed by atoms with E-state index in [4.69, 9.17) is 4.74 Å². The molecule has 0 saturated carbocycles. The highest BCUT2D eigenvalue weighted by Crippen LogP contribution is 2.24. The molecule has 0 radical (unpaired) electrons. The molecular weight excluding hydrogens is 392 g/mol. The van der Waals surface area contributed by atoms with Crippen LogP contribution in [0.3, 0.4) is 0 Å². The molecule has 1 aliphatic rings. The van der Waals surface area contributed by atoms with E-state index in [1.807, 2.05) is 13.0 Å². The van der Waals surface area contributed by atoms with Crippen molar-refractivity contribution in [1.29, 1.82) is 0 Å². The van der Waals surface area contributed by atoms with Gasteiger partial charge in [-0.2, -0.15) is 4.31 Å². The minimum absolute atomic E-state index is 0.0681. The second-order valence-electron chi connectivity index (χ2n) is 6.95. The summed E-state index contributed by atoms with van der Waals surface area (Å²) in [6.07, 6.45) is 2.59. The van der Waals surface area contributed by atoms with Gasteiger partial charge in [-0.1, -0.05) is 30.7 Å². The second kappa shape index (κ2) is 9.19. The maximum absolute atomic E-state index is 13.0. The van der Waals surface area contributed by atoms with E-state index >= 15 is 0 Å². The van der Waals surface area contributed by atoms with Crippen LogP contribution in [0.2, 0.25) is 0 Å². The molecule has 2 aromatic carbocycles. The molecule has 0 aliphatic carbocycles. The van der Waals surface area contributed by atoms with E-state index in [9.17, 15) is 18.0 Å². The summed E-state index contributed by atoms with van der Waals surface area (Å²) >= 11 is 0. The molecule has 3 rings (SSSR count). The van der Waals surface area contributed by atoms with Crippen molar-refractivity contribution in [3.8, 4) is 0 Å². The Hall–Kier alpha value is -2.71. The lowest BCUT2D eigenvalue weighted by molar-refractivity contribution is -0.119. The normalized spacial score (nSPS) is 14.9. The molecule has 1 aliphatic heterocycles. The molecule has 154 valence electrons. The number of hydrogen-bond donors (Lipinski definition) is 1. The average molecular weight is 416 g/mol. The van der Waals surface area contributed by atoms with Crippen LogP contribution >= 0.6 is 0 Å². The quantitative estimate of drug-likeness (QED) is 0.731. The fourth-order valence-corrected chi connectivity index (χ4v) is 4.93. The molecule has 0 unspecified atom stereocenters. The SMILES string of the molecule is Cc1cccc(NC(=O)COC(=O)c2ccccc2S(=O)(=O)N2CCCCC2)c1. The molecule has 1 N–H and O–H groups in total. The van der Waals surface area contributed by atoms with Crippen molar-refractivity contribution >= 4 is 27.6 Å². The Morgan fingerprint density at radius 1 is 1.03 bits per heavy atom. The molecule has 1 fully saturated rings. The van der Waals surface area contributed by atoms with Crippen LogP contribution in [-0.4, -0.2) is 44.3 Å². The van der Waals surface area contributed by atoms with Crippen LogP contribution in [0.5, 0.6) is 0 Å². The largest absolute Gasteiger partial charge is 0.452 e. The molecule has 2 aromatic rings. The van der Waals surface area contributed by atoms with Crippen LogP contribution in [0, 0.1) is 6.92 Å². The first-order chi connectivity index (χ1) is 13.9. The van der Waals surface area contributed by atoms with Crippen molar-refractivity contribution in [2.24, 2.45) is 0 Å². The highest BCUT2D eigenvalue weighted by atomic mass is 32.2. The predicted octanol–water partition coefficient (Wildman–Crippen LogP) is 2.97. The number of ether oxygens (including phenoxy) is 1. The molecule has 7 nitrogen and oxygen atoms in total. The Balaban J connectivity index is 1.69. The Bertz CT molecular complexity index is 998. The number of hydrogen-bond acceptors (Lipinski definition) is 5. The summed E-state index contributed by atoms with van der Waals surface area (Å²) in [7, 11) is -3.80. The molecule has 1 heterocycles. The number of amides is 1. The number of rotatable bonds is 6. The van der Waals surface area contributed by atoms with Crippen molar-refractivity contribution in [3.05, 3.63) is 59.7 Å². The monoisotopic (exact) mass is 416 g/mol. The molecule has 1 amide bonds. The molecule has 0 aromatic heterocycles. The Morgan fingerprint density at radius 3 is 2.48 bits per heavy atom. The van der Waals surface area contributed by atoms with E-state index in [0.717, 1.165) is 24.8 Å². The van der Waals surface area contributed by atoms with Crippen molar-refractivity contribution in [3.63, 3.8) is 0 Å². The summed E-state index contributed by atoms with van der Waals surface area (Å²) in [5.41, 5.74) is 1.51. The highest BCUT2D eigenvalue weighted by Gasteiger charge is 2.30. The van der Waals surface area contributed by atoms with Gasteiger partial charge in [-0.15, -0.1) is 0 Å². The van der Waals surface area contributed by atoms with Gasteiger partial charge in [0.2, 0.25) is 10.0 Å². The average Bonchev–Trinajstić information content (AvgIpc) is 2.72. The van der Waals surface area contributed by atoms with Crippen LogP contribution in [-0.2, 0) is 19.6 Å². The van der Waals surface area contributed by atoms with Crippen molar-refractivity contribution in [2.45, 2.75) is 31.1 Å². The number of piperidine rings is 1.